The van der Waals surface area contributed by atoms with Gasteiger partial charge in [0.1, 0.15) is 0 Å². The molecule has 3 rings (SSSR count). The first kappa shape index (κ1) is 14.0. The van der Waals surface area contributed by atoms with E-state index in [1.54, 1.807) is 0 Å². The number of hydrogen-bond donors (Lipinski definition) is 2. The summed E-state index contributed by atoms with van der Waals surface area (Å²) in [6.45, 7) is 0. The normalized spacial score (nSPS) is 30.3. The van der Waals surface area contributed by atoms with Gasteiger partial charge in [-0.05, 0) is 31.1 Å². The van der Waals surface area contributed by atoms with E-state index < -0.39 is 22.7 Å². The predicted octanol–water partition coefficient (Wildman–Crippen LogP) is 1.89. The van der Waals surface area contributed by atoms with Gasteiger partial charge in [-0.1, -0.05) is 11.3 Å². The molecule has 0 saturated heterocycles. The zero-order valence-corrected chi connectivity index (χ0v) is 11.8. The summed E-state index contributed by atoms with van der Waals surface area (Å²) < 4.78 is 0. The van der Waals surface area contributed by atoms with Gasteiger partial charge in [0.2, 0.25) is 0 Å². The van der Waals surface area contributed by atoms with Gasteiger partial charge < -0.3 is 10.4 Å². The molecular formula is C13H14N2O5S. The SMILES string of the molecule is O=C(NC1C2CCC(C2)C1C(=O)O)c1csc([N+](=O)[O-])c1. The second-order valence-electron chi connectivity index (χ2n) is 5.63. The first-order valence-electron chi connectivity index (χ1n) is 6.74. The lowest BCUT2D eigenvalue weighted by Gasteiger charge is -2.28. The molecule has 2 fully saturated rings. The van der Waals surface area contributed by atoms with Crippen molar-refractivity contribution in [3.05, 3.63) is 27.1 Å². The molecular weight excluding hydrogens is 296 g/mol. The summed E-state index contributed by atoms with van der Waals surface area (Å²) in [5, 5.41) is 24.1. The summed E-state index contributed by atoms with van der Waals surface area (Å²) in [6, 6.07) is 0.857. The van der Waals surface area contributed by atoms with Gasteiger partial charge in [-0.25, -0.2) is 0 Å². The van der Waals surface area contributed by atoms with Crippen molar-refractivity contribution < 1.29 is 19.6 Å². The minimum atomic E-state index is -0.871. The van der Waals surface area contributed by atoms with E-state index in [4.69, 9.17) is 0 Å². The topological polar surface area (TPSA) is 110 Å². The number of fused-ring (bicyclic) bond motifs is 2. The number of aliphatic carboxylic acids is 1. The van der Waals surface area contributed by atoms with Crippen LogP contribution in [-0.2, 0) is 4.79 Å². The molecule has 2 saturated carbocycles. The lowest BCUT2D eigenvalue weighted by molar-refractivity contribution is -0.380. The first-order valence-corrected chi connectivity index (χ1v) is 7.62. The zero-order chi connectivity index (χ0) is 15.1. The summed E-state index contributed by atoms with van der Waals surface area (Å²) in [6.07, 6.45) is 2.67. The second kappa shape index (κ2) is 5.10. The van der Waals surface area contributed by atoms with E-state index in [2.05, 4.69) is 5.32 Å². The molecule has 1 aromatic heterocycles. The first-order chi connectivity index (χ1) is 9.97. The standard InChI is InChI=1S/C13H14N2O5S/c16-12(8-4-9(15(19)20)21-5-8)14-11-7-2-1-6(3-7)10(11)13(17)18/h4-7,10-11H,1-3H2,(H,14,16)(H,17,18). The molecule has 1 amide bonds. The summed E-state index contributed by atoms with van der Waals surface area (Å²) in [4.78, 5) is 33.6. The Kier molecular flexibility index (Phi) is 3.40. The van der Waals surface area contributed by atoms with Gasteiger partial charge in [0.15, 0.2) is 0 Å². The van der Waals surface area contributed by atoms with Crippen LogP contribution in [-0.4, -0.2) is 27.9 Å². The fraction of sp³-hybridized carbons (Fsp3) is 0.538. The number of nitro groups is 1. The van der Waals surface area contributed by atoms with Gasteiger partial charge in [-0.2, -0.15) is 0 Å². The van der Waals surface area contributed by atoms with Gasteiger partial charge in [0, 0.05) is 17.5 Å². The van der Waals surface area contributed by atoms with Crippen molar-refractivity contribution in [1.29, 1.82) is 0 Å². The Bertz CT molecular complexity index is 613. The van der Waals surface area contributed by atoms with E-state index >= 15 is 0 Å². The predicted molar refractivity (Wildman–Crippen MR) is 74.2 cm³/mol. The quantitative estimate of drug-likeness (QED) is 0.652. The number of carboxylic acids is 1. The van der Waals surface area contributed by atoms with Crippen molar-refractivity contribution >= 4 is 28.2 Å². The van der Waals surface area contributed by atoms with Crippen molar-refractivity contribution in [1.82, 2.24) is 5.32 Å². The van der Waals surface area contributed by atoms with Crippen molar-refractivity contribution in [3.8, 4) is 0 Å². The number of carboxylic acid groups (broad SMARTS) is 1. The molecule has 2 aliphatic rings. The molecule has 7 nitrogen and oxygen atoms in total. The molecule has 0 radical (unpaired) electrons. The molecule has 1 heterocycles. The molecule has 4 unspecified atom stereocenters. The number of rotatable bonds is 4. The van der Waals surface area contributed by atoms with Crippen LogP contribution < -0.4 is 5.32 Å². The van der Waals surface area contributed by atoms with Crippen LogP contribution in [0.15, 0.2) is 11.4 Å². The van der Waals surface area contributed by atoms with Crippen LogP contribution in [0.2, 0.25) is 0 Å². The van der Waals surface area contributed by atoms with Crippen LogP contribution in [0.25, 0.3) is 0 Å². The molecule has 0 spiro atoms. The van der Waals surface area contributed by atoms with Crippen LogP contribution in [0.3, 0.4) is 0 Å². The average Bonchev–Trinajstić information content (AvgIpc) is 3.13. The largest absolute Gasteiger partial charge is 0.481 e. The molecule has 4 atom stereocenters. The number of carbonyl (C=O) groups excluding carboxylic acids is 1. The van der Waals surface area contributed by atoms with Crippen LogP contribution in [0.5, 0.6) is 0 Å². The monoisotopic (exact) mass is 310 g/mol. The molecule has 1 aromatic rings. The van der Waals surface area contributed by atoms with Crippen LogP contribution in [0, 0.1) is 27.9 Å². The summed E-state index contributed by atoms with van der Waals surface area (Å²) in [5.41, 5.74) is 0.221. The second-order valence-corrected chi connectivity index (χ2v) is 6.52. The van der Waals surface area contributed by atoms with E-state index in [1.165, 1.54) is 11.4 Å². The van der Waals surface area contributed by atoms with E-state index in [-0.39, 0.29) is 28.4 Å². The molecule has 2 aliphatic carbocycles. The number of nitrogens with zero attached hydrogens (tertiary/aromatic N) is 1. The Hall–Kier alpha value is -1.96. The summed E-state index contributed by atoms with van der Waals surface area (Å²) in [7, 11) is 0. The number of nitrogens with one attached hydrogen (secondary N) is 1. The highest BCUT2D eigenvalue weighted by Gasteiger charge is 2.51. The van der Waals surface area contributed by atoms with Gasteiger partial charge >= 0.3 is 11.0 Å². The molecule has 8 heteroatoms. The fourth-order valence-corrected chi connectivity index (χ4v) is 4.33. The third-order valence-electron chi connectivity index (χ3n) is 4.53. The summed E-state index contributed by atoms with van der Waals surface area (Å²) in [5.74, 6) is -1.50. The van der Waals surface area contributed by atoms with Crippen molar-refractivity contribution in [2.24, 2.45) is 17.8 Å². The Labute approximate surface area is 124 Å². The minimum Gasteiger partial charge on any atom is -0.481 e. The molecule has 21 heavy (non-hydrogen) atoms. The van der Waals surface area contributed by atoms with E-state index in [0.717, 1.165) is 30.6 Å². The van der Waals surface area contributed by atoms with Gasteiger partial charge in [0.05, 0.1) is 16.4 Å². The van der Waals surface area contributed by atoms with Crippen LogP contribution in [0.4, 0.5) is 5.00 Å². The van der Waals surface area contributed by atoms with Crippen molar-refractivity contribution in [2.45, 2.75) is 25.3 Å². The number of carbonyl (C=O) groups is 2. The lowest BCUT2D eigenvalue weighted by Crippen LogP contribution is -2.46. The van der Waals surface area contributed by atoms with Gasteiger partial charge in [-0.15, -0.1) is 0 Å². The number of hydrogen-bond acceptors (Lipinski definition) is 5. The highest BCUT2D eigenvalue weighted by atomic mass is 32.1. The van der Waals surface area contributed by atoms with Gasteiger partial charge in [-0.3, -0.25) is 19.7 Å². The minimum absolute atomic E-state index is 0.0946. The molecule has 0 aliphatic heterocycles. The Morgan fingerprint density at radius 1 is 1.38 bits per heavy atom. The Balaban J connectivity index is 1.74. The Morgan fingerprint density at radius 2 is 2.10 bits per heavy atom. The maximum absolute atomic E-state index is 12.2. The maximum atomic E-state index is 12.2. The number of amides is 1. The third-order valence-corrected chi connectivity index (χ3v) is 5.41. The Morgan fingerprint density at radius 3 is 2.71 bits per heavy atom. The highest BCUT2D eigenvalue weighted by molar-refractivity contribution is 7.13. The average molecular weight is 310 g/mol. The van der Waals surface area contributed by atoms with Crippen molar-refractivity contribution in [2.75, 3.05) is 0 Å². The highest BCUT2D eigenvalue weighted by Crippen LogP contribution is 2.48. The molecule has 112 valence electrons. The van der Waals surface area contributed by atoms with Crippen LogP contribution >= 0.6 is 11.3 Å². The molecule has 2 bridgehead atoms. The molecule has 2 N–H and O–H groups in total. The fourth-order valence-electron chi connectivity index (χ4n) is 3.63. The van der Waals surface area contributed by atoms with Crippen molar-refractivity contribution in [3.63, 3.8) is 0 Å². The molecule has 0 aromatic carbocycles. The zero-order valence-electron chi connectivity index (χ0n) is 11.0. The van der Waals surface area contributed by atoms with E-state index in [9.17, 15) is 24.8 Å². The van der Waals surface area contributed by atoms with E-state index in [1.807, 2.05) is 0 Å². The third kappa shape index (κ3) is 2.39. The van der Waals surface area contributed by atoms with E-state index in [0.29, 0.717) is 0 Å². The summed E-state index contributed by atoms with van der Waals surface area (Å²) >= 11 is 0.890. The maximum Gasteiger partial charge on any atom is 0.324 e. The lowest BCUT2D eigenvalue weighted by atomic mass is 9.84. The van der Waals surface area contributed by atoms with Crippen LogP contribution in [0.1, 0.15) is 29.6 Å². The smallest absolute Gasteiger partial charge is 0.324 e. The number of thiophene rings is 1. The van der Waals surface area contributed by atoms with Gasteiger partial charge in [0.25, 0.3) is 5.91 Å².